The summed E-state index contributed by atoms with van der Waals surface area (Å²) in [6.07, 6.45) is 3.25. The first-order valence-corrected chi connectivity index (χ1v) is 12.4. The van der Waals surface area contributed by atoms with Crippen LogP contribution in [0.15, 0.2) is 0 Å². The molecular formula is C24H42N6O5. The van der Waals surface area contributed by atoms with Gasteiger partial charge in [0.15, 0.2) is 0 Å². The lowest BCUT2D eigenvalue weighted by Crippen LogP contribution is -2.58. The molecule has 11 heteroatoms. The summed E-state index contributed by atoms with van der Waals surface area (Å²) in [6.45, 7) is 9.53. The van der Waals surface area contributed by atoms with Gasteiger partial charge in [-0.3, -0.25) is 4.79 Å². The van der Waals surface area contributed by atoms with Crippen molar-refractivity contribution in [3.05, 3.63) is 11.4 Å². The van der Waals surface area contributed by atoms with Crippen molar-refractivity contribution in [3.63, 3.8) is 0 Å². The third-order valence-electron chi connectivity index (χ3n) is 7.16. The second kappa shape index (κ2) is 10.4. The highest BCUT2D eigenvalue weighted by Gasteiger charge is 2.50. The number of hydrogen-bond donors (Lipinski definition) is 4. The second-order valence-corrected chi connectivity index (χ2v) is 11.5. The zero-order valence-corrected chi connectivity index (χ0v) is 21.9. The molecule has 1 saturated carbocycles. The van der Waals surface area contributed by atoms with Crippen LogP contribution in [0.1, 0.15) is 65.3 Å². The molecule has 35 heavy (non-hydrogen) atoms. The SMILES string of the molecule is CNC(=O)CC(C)(C)OCC(C)(N)NC(=O)OCC1C2CCc3nnn(C(C)(C)CO)c3CCC21. The highest BCUT2D eigenvalue weighted by atomic mass is 16.6. The molecule has 2 aliphatic rings. The number of hydrogen-bond acceptors (Lipinski definition) is 8. The number of nitrogens with zero attached hydrogens (tertiary/aromatic N) is 3. The zero-order valence-electron chi connectivity index (χ0n) is 21.9. The van der Waals surface area contributed by atoms with Gasteiger partial charge in [-0.1, -0.05) is 5.21 Å². The van der Waals surface area contributed by atoms with Gasteiger partial charge < -0.3 is 30.9 Å². The normalized spacial score (nSPS) is 23.7. The number of aliphatic hydroxyl groups excluding tert-OH is 1. The molecule has 1 aromatic rings. The van der Waals surface area contributed by atoms with Crippen LogP contribution in [0, 0.1) is 17.8 Å². The number of aromatic nitrogens is 3. The molecule has 1 heterocycles. The second-order valence-electron chi connectivity index (χ2n) is 11.5. The molecule has 198 valence electrons. The summed E-state index contributed by atoms with van der Waals surface area (Å²) in [5.41, 5.74) is 5.96. The van der Waals surface area contributed by atoms with Crippen LogP contribution in [-0.4, -0.2) is 70.2 Å². The molecule has 2 amide bonds. The minimum atomic E-state index is -1.14. The first-order valence-electron chi connectivity index (χ1n) is 12.4. The maximum Gasteiger partial charge on any atom is 0.408 e. The zero-order chi connectivity index (χ0) is 26.0. The van der Waals surface area contributed by atoms with E-state index < -0.39 is 22.9 Å². The smallest absolute Gasteiger partial charge is 0.408 e. The lowest BCUT2D eigenvalue weighted by molar-refractivity contribution is -0.128. The van der Waals surface area contributed by atoms with Crippen LogP contribution < -0.4 is 16.4 Å². The third-order valence-corrected chi connectivity index (χ3v) is 7.16. The summed E-state index contributed by atoms with van der Waals surface area (Å²) in [5.74, 6) is 1.19. The lowest BCUT2D eigenvalue weighted by atomic mass is 9.99. The molecule has 5 N–H and O–H groups in total. The van der Waals surface area contributed by atoms with E-state index in [0.717, 1.165) is 37.1 Å². The van der Waals surface area contributed by atoms with Crippen molar-refractivity contribution in [2.75, 3.05) is 26.9 Å². The van der Waals surface area contributed by atoms with Crippen LogP contribution in [0.2, 0.25) is 0 Å². The Bertz CT molecular complexity index is 912. The fourth-order valence-corrected chi connectivity index (χ4v) is 4.91. The molecule has 0 saturated heterocycles. The van der Waals surface area contributed by atoms with Gasteiger partial charge in [0.1, 0.15) is 5.66 Å². The Balaban J connectivity index is 1.46. The highest BCUT2D eigenvalue weighted by Crippen LogP contribution is 2.53. The van der Waals surface area contributed by atoms with E-state index in [9.17, 15) is 14.7 Å². The van der Waals surface area contributed by atoms with Crippen molar-refractivity contribution in [2.45, 2.75) is 83.5 Å². The molecule has 2 aliphatic carbocycles. The Kier molecular flexibility index (Phi) is 8.12. The van der Waals surface area contributed by atoms with Gasteiger partial charge in [0.05, 0.1) is 48.8 Å². The molecule has 1 aromatic heterocycles. The predicted octanol–water partition coefficient (Wildman–Crippen LogP) is 1.08. The number of nitrogens with one attached hydrogen (secondary N) is 2. The van der Waals surface area contributed by atoms with E-state index in [-0.39, 0.29) is 25.5 Å². The van der Waals surface area contributed by atoms with Crippen molar-refractivity contribution >= 4 is 12.0 Å². The number of rotatable bonds is 10. The van der Waals surface area contributed by atoms with E-state index in [1.54, 1.807) is 27.8 Å². The Morgan fingerprint density at radius 2 is 1.83 bits per heavy atom. The average Bonchev–Trinajstić information content (AvgIpc) is 3.25. The Hall–Kier alpha value is -2.24. The lowest BCUT2D eigenvalue weighted by Gasteiger charge is -2.31. The quantitative estimate of drug-likeness (QED) is 0.352. The standard InChI is InChI=1S/C24H42N6O5/c1-22(2,13-31)30-19-10-8-16-15(7-9-18(19)28-29-30)17(16)12-34-21(33)27-24(5,25)14-35-23(3,4)11-20(32)26-6/h15-17,31H,7-14,25H2,1-6H3,(H,26,32)(H,27,33). The van der Waals surface area contributed by atoms with Crippen LogP contribution in [0.3, 0.4) is 0 Å². The van der Waals surface area contributed by atoms with Gasteiger partial charge >= 0.3 is 6.09 Å². The molecule has 3 rings (SSSR count). The van der Waals surface area contributed by atoms with Gasteiger partial charge in [-0.25, -0.2) is 9.48 Å². The largest absolute Gasteiger partial charge is 0.449 e. The molecule has 0 bridgehead atoms. The van der Waals surface area contributed by atoms with Crippen molar-refractivity contribution in [1.82, 2.24) is 25.6 Å². The molecule has 4 atom stereocenters. The number of carbonyl (C=O) groups excluding carboxylic acids is 2. The fraction of sp³-hybridized carbons (Fsp3) is 0.833. The Morgan fingerprint density at radius 1 is 1.17 bits per heavy atom. The first-order chi connectivity index (χ1) is 16.3. The average molecular weight is 495 g/mol. The van der Waals surface area contributed by atoms with Crippen LogP contribution in [0.4, 0.5) is 4.79 Å². The number of aliphatic hydroxyl groups is 1. The van der Waals surface area contributed by atoms with Crippen molar-refractivity contribution in [3.8, 4) is 0 Å². The first kappa shape index (κ1) is 27.3. The summed E-state index contributed by atoms with van der Waals surface area (Å²) in [4.78, 5) is 24.1. The molecular weight excluding hydrogens is 452 g/mol. The van der Waals surface area contributed by atoms with Gasteiger partial charge in [0, 0.05) is 7.05 Å². The summed E-state index contributed by atoms with van der Waals surface area (Å²) >= 11 is 0. The predicted molar refractivity (Wildman–Crippen MR) is 129 cm³/mol. The van der Waals surface area contributed by atoms with Gasteiger partial charge in [0.25, 0.3) is 0 Å². The minimum Gasteiger partial charge on any atom is -0.449 e. The van der Waals surface area contributed by atoms with E-state index in [1.807, 2.05) is 18.5 Å². The van der Waals surface area contributed by atoms with Gasteiger partial charge in [-0.05, 0) is 78.1 Å². The fourth-order valence-electron chi connectivity index (χ4n) is 4.91. The van der Waals surface area contributed by atoms with Crippen LogP contribution >= 0.6 is 0 Å². The Labute approximate surface area is 207 Å². The third kappa shape index (κ3) is 6.92. The van der Waals surface area contributed by atoms with Crippen molar-refractivity contribution in [2.24, 2.45) is 23.5 Å². The summed E-state index contributed by atoms with van der Waals surface area (Å²) in [5, 5.41) is 23.7. The van der Waals surface area contributed by atoms with E-state index in [0.29, 0.717) is 24.4 Å². The Morgan fingerprint density at radius 3 is 2.46 bits per heavy atom. The minimum absolute atomic E-state index is 0.00288. The number of nitrogens with two attached hydrogens (primary N) is 1. The number of alkyl carbamates (subject to hydrolysis) is 1. The van der Waals surface area contributed by atoms with E-state index in [2.05, 4.69) is 20.9 Å². The maximum atomic E-state index is 12.4. The van der Waals surface area contributed by atoms with E-state index >= 15 is 0 Å². The van der Waals surface area contributed by atoms with Crippen LogP contribution in [0.25, 0.3) is 0 Å². The van der Waals surface area contributed by atoms with Crippen molar-refractivity contribution < 1.29 is 24.2 Å². The molecule has 0 spiro atoms. The molecule has 4 unspecified atom stereocenters. The van der Waals surface area contributed by atoms with Crippen LogP contribution in [0.5, 0.6) is 0 Å². The topological polar surface area (TPSA) is 154 Å². The number of carbonyl (C=O) groups is 2. The summed E-state index contributed by atoms with van der Waals surface area (Å²) in [6, 6.07) is 0. The maximum absolute atomic E-state index is 12.4. The molecule has 11 nitrogen and oxygen atoms in total. The number of aryl methyl sites for hydroxylation is 1. The van der Waals surface area contributed by atoms with Gasteiger partial charge in [-0.15, -0.1) is 5.10 Å². The molecule has 0 aromatic carbocycles. The van der Waals surface area contributed by atoms with Gasteiger partial charge in [0.2, 0.25) is 5.91 Å². The molecule has 0 radical (unpaired) electrons. The van der Waals surface area contributed by atoms with Crippen LogP contribution in [-0.2, 0) is 32.6 Å². The highest BCUT2D eigenvalue weighted by molar-refractivity contribution is 5.76. The number of fused-ring (bicyclic) bond motifs is 2. The molecule has 1 fully saturated rings. The summed E-state index contributed by atoms with van der Waals surface area (Å²) < 4.78 is 13.2. The molecule has 0 aliphatic heterocycles. The summed E-state index contributed by atoms with van der Waals surface area (Å²) in [7, 11) is 1.57. The van der Waals surface area contributed by atoms with E-state index in [1.165, 1.54) is 0 Å². The number of amides is 2. The van der Waals surface area contributed by atoms with Crippen molar-refractivity contribution in [1.29, 1.82) is 0 Å². The number of ether oxygens (including phenoxy) is 2. The van der Waals surface area contributed by atoms with Gasteiger partial charge in [-0.2, -0.15) is 0 Å². The van der Waals surface area contributed by atoms with E-state index in [4.69, 9.17) is 15.2 Å². The monoisotopic (exact) mass is 494 g/mol.